The van der Waals surface area contributed by atoms with Crippen molar-refractivity contribution in [3.05, 3.63) is 0 Å². The van der Waals surface area contributed by atoms with E-state index in [0.717, 1.165) is 0 Å². The summed E-state index contributed by atoms with van der Waals surface area (Å²) in [5, 5.41) is 11.5. The van der Waals surface area contributed by atoms with E-state index in [2.05, 4.69) is 21.3 Å². The van der Waals surface area contributed by atoms with Crippen LogP contribution >= 0.6 is 0 Å². The molecule has 0 aliphatic rings. The van der Waals surface area contributed by atoms with Gasteiger partial charge in [-0.2, -0.15) is 0 Å². The molecule has 0 aliphatic heterocycles. The predicted molar refractivity (Wildman–Crippen MR) is 151 cm³/mol. The molecule has 0 spiro atoms. The van der Waals surface area contributed by atoms with Crippen LogP contribution in [0.1, 0.15) is 72.6 Å². The fourth-order valence-electron chi connectivity index (χ4n) is 3.49. The van der Waals surface area contributed by atoms with E-state index in [1.165, 1.54) is 0 Å². The lowest BCUT2D eigenvalue weighted by Crippen LogP contribution is -2.55. The summed E-state index contributed by atoms with van der Waals surface area (Å²) < 4.78 is 10.8. The first kappa shape index (κ1) is 37.4. The fraction of sp³-hybridized carbons (Fsp3) is 0.808. The van der Waals surface area contributed by atoms with Crippen molar-refractivity contribution in [2.24, 2.45) is 17.2 Å². The van der Waals surface area contributed by atoms with Gasteiger partial charge >= 0.3 is 0 Å². The maximum absolute atomic E-state index is 12.7. The Morgan fingerprint density at radius 2 is 1.27 bits per heavy atom. The van der Waals surface area contributed by atoms with Crippen molar-refractivity contribution >= 4 is 29.4 Å². The van der Waals surface area contributed by atoms with E-state index < -0.39 is 29.1 Å². The van der Waals surface area contributed by atoms with Gasteiger partial charge in [0.05, 0.1) is 43.7 Å². The molecule has 10 N–H and O–H groups in total. The van der Waals surface area contributed by atoms with Gasteiger partial charge in [0, 0.05) is 45.3 Å². The quantitative estimate of drug-likeness (QED) is 0.0496. The highest BCUT2D eigenvalue weighted by Gasteiger charge is 2.31. The number of unbranched alkanes of at least 4 members (excludes halogenated alkanes) is 1. The number of hydrogen-bond donors (Lipinski definition) is 7. The van der Waals surface area contributed by atoms with Gasteiger partial charge in [-0.1, -0.05) is 0 Å². The SMILES string of the molecule is CC(C)(N)NCCOCCOCCNC(=O)CCC(=O)C(C)(C)NC(CCCCNC(=O)CCC(N)=O)C(N)=O. The topological polar surface area (TPSA) is 230 Å². The van der Waals surface area contributed by atoms with Crippen LogP contribution in [0.2, 0.25) is 0 Å². The predicted octanol–water partition coefficient (Wildman–Crippen LogP) is -1.46. The largest absolute Gasteiger partial charge is 0.378 e. The molecule has 0 aliphatic carbocycles. The average Bonchev–Trinajstić information content (AvgIpc) is 2.85. The summed E-state index contributed by atoms with van der Waals surface area (Å²) in [5.74, 6) is -1.90. The Balaban J connectivity index is 4.12. The lowest BCUT2D eigenvalue weighted by Gasteiger charge is -2.29. The number of nitrogens with two attached hydrogens (primary N) is 3. The number of primary amides is 2. The average molecular weight is 574 g/mol. The van der Waals surface area contributed by atoms with Crippen molar-refractivity contribution in [3.8, 4) is 0 Å². The second-order valence-corrected chi connectivity index (χ2v) is 10.7. The number of nitrogens with one attached hydrogen (secondary N) is 4. The smallest absolute Gasteiger partial charge is 0.234 e. The molecular formula is C26H51N7O7. The van der Waals surface area contributed by atoms with Gasteiger partial charge in [0.2, 0.25) is 23.6 Å². The van der Waals surface area contributed by atoms with E-state index >= 15 is 0 Å². The van der Waals surface area contributed by atoms with E-state index in [1.807, 2.05) is 13.8 Å². The number of rotatable bonds is 25. The summed E-state index contributed by atoms with van der Waals surface area (Å²) in [4.78, 5) is 59.1. The maximum atomic E-state index is 12.7. The van der Waals surface area contributed by atoms with Gasteiger partial charge in [-0.25, -0.2) is 0 Å². The van der Waals surface area contributed by atoms with Crippen LogP contribution in [0.5, 0.6) is 0 Å². The Morgan fingerprint density at radius 3 is 1.82 bits per heavy atom. The van der Waals surface area contributed by atoms with Crippen LogP contribution in [0.3, 0.4) is 0 Å². The van der Waals surface area contributed by atoms with Gasteiger partial charge < -0.3 is 37.3 Å². The van der Waals surface area contributed by atoms with E-state index in [0.29, 0.717) is 65.3 Å². The summed E-state index contributed by atoms with van der Waals surface area (Å²) >= 11 is 0. The highest BCUT2D eigenvalue weighted by atomic mass is 16.5. The molecule has 0 aromatic rings. The van der Waals surface area contributed by atoms with E-state index in [1.54, 1.807) is 13.8 Å². The zero-order valence-corrected chi connectivity index (χ0v) is 24.6. The Hall–Kier alpha value is -2.65. The Bertz CT molecular complexity index is 801. The van der Waals surface area contributed by atoms with Gasteiger partial charge in [-0.05, 0) is 47.0 Å². The van der Waals surface area contributed by atoms with Crippen LogP contribution in [0.15, 0.2) is 0 Å². The van der Waals surface area contributed by atoms with Gasteiger partial charge in [0.25, 0.3) is 0 Å². The first-order valence-corrected chi connectivity index (χ1v) is 13.8. The number of carbonyl (C=O) groups excluding carboxylic acids is 5. The highest BCUT2D eigenvalue weighted by Crippen LogP contribution is 2.13. The van der Waals surface area contributed by atoms with Crippen LogP contribution in [0.4, 0.5) is 0 Å². The molecule has 0 aromatic heterocycles. The molecule has 0 saturated heterocycles. The van der Waals surface area contributed by atoms with Gasteiger partial charge in [-0.15, -0.1) is 0 Å². The molecule has 0 fully saturated rings. The Kier molecular flexibility index (Phi) is 18.9. The number of hydrogen-bond acceptors (Lipinski definition) is 10. The Labute approximate surface area is 237 Å². The van der Waals surface area contributed by atoms with Crippen molar-refractivity contribution in [2.75, 3.05) is 46.1 Å². The lowest BCUT2D eigenvalue weighted by molar-refractivity contribution is -0.129. The second kappa shape index (κ2) is 20.3. The van der Waals surface area contributed by atoms with Crippen LogP contribution in [0, 0.1) is 0 Å². The molecule has 232 valence electrons. The standard InChI is InChI=1S/C26H51N7O7/c1-25(2,33-19(24(28)38)7-5-6-12-30-23(37)11-9-21(27)35)20(34)8-10-22(36)31-13-15-39-17-18-40-16-14-32-26(3,4)29/h19,32-33H,5-18,29H2,1-4H3,(H2,27,35)(H2,28,38)(H,30,37)(H,31,36). The minimum Gasteiger partial charge on any atom is -0.378 e. The molecule has 0 aromatic carbocycles. The fourth-order valence-corrected chi connectivity index (χ4v) is 3.49. The normalized spacial score (nSPS) is 12.5. The number of amides is 4. The van der Waals surface area contributed by atoms with E-state index in [-0.39, 0.29) is 43.3 Å². The number of ketones is 1. The zero-order valence-electron chi connectivity index (χ0n) is 24.6. The van der Waals surface area contributed by atoms with E-state index in [9.17, 15) is 24.0 Å². The van der Waals surface area contributed by atoms with Crippen LogP contribution in [0.25, 0.3) is 0 Å². The minimum absolute atomic E-state index is 0.00299. The molecule has 4 amide bonds. The van der Waals surface area contributed by atoms with Crippen LogP contribution in [-0.4, -0.2) is 92.7 Å². The van der Waals surface area contributed by atoms with Crippen LogP contribution < -0.4 is 38.5 Å². The first-order chi connectivity index (χ1) is 18.6. The van der Waals surface area contributed by atoms with Crippen molar-refractivity contribution in [1.82, 2.24) is 21.3 Å². The molecule has 0 rings (SSSR count). The summed E-state index contributed by atoms with van der Waals surface area (Å²) in [5.41, 5.74) is 14.8. The molecule has 0 bridgehead atoms. The number of Topliss-reactive ketones (excluding diaryl/α,β-unsaturated/α-hetero) is 1. The molecule has 0 heterocycles. The van der Waals surface area contributed by atoms with Crippen molar-refractivity contribution in [3.63, 3.8) is 0 Å². The van der Waals surface area contributed by atoms with Crippen LogP contribution in [-0.2, 0) is 33.4 Å². The molecule has 14 nitrogen and oxygen atoms in total. The highest BCUT2D eigenvalue weighted by molar-refractivity contribution is 5.91. The molecular weight excluding hydrogens is 522 g/mol. The van der Waals surface area contributed by atoms with Gasteiger partial charge in [-0.3, -0.25) is 34.6 Å². The first-order valence-electron chi connectivity index (χ1n) is 13.8. The Morgan fingerprint density at radius 1 is 0.725 bits per heavy atom. The van der Waals surface area contributed by atoms with E-state index in [4.69, 9.17) is 26.7 Å². The summed E-state index contributed by atoms with van der Waals surface area (Å²) in [7, 11) is 0. The molecule has 0 saturated carbocycles. The number of ether oxygens (including phenoxy) is 2. The second-order valence-electron chi connectivity index (χ2n) is 10.7. The third-order valence-electron chi connectivity index (χ3n) is 5.76. The molecule has 40 heavy (non-hydrogen) atoms. The summed E-state index contributed by atoms with van der Waals surface area (Å²) in [6.45, 7) is 10.0. The summed E-state index contributed by atoms with van der Waals surface area (Å²) in [6, 6.07) is -0.747. The third kappa shape index (κ3) is 21.2. The van der Waals surface area contributed by atoms with Gasteiger partial charge in [0.15, 0.2) is 5.78 Å². The molecule has 0 radical (unpaired) electrons. The molecule has 14 heteroatoms. The maximum Gasteiger partial charge on any atom is 0.234 e. The summed E-state index contributed by atoms with van der Waals surface area (Å²) in [6.07, 6.45) is 1.56. The van der Waals surface area contributed by atoms with Crippen molar-refractivity contribution < 1.29 is 33.4 Å². The molecule has 1 atom stereocenters. The molecule has 1 unspecified atom stereocenters. The van der Waals surface area contributed by atoms with Crippen molar-refractivity contribution in [1.29, 1.82) is 0 Å². The lowest BCUT2D eigenvalue weighted by atomic mass is 9.93. The van der Waals surface area contributed by atoms with Crippen molar-refractivity contribution in [2.45, 2.75) is 89.9 Å². The number of carbonyl (C=O) groups is 5. The third-order valence-corrected chi connectivity index (χ3v) is 5.76. The zero-order chi connectivity index (χ0) is 30.6. The van der Waals surface area contributed by atoms with Gasteiger partial charge in [0.1, 0.15) is 0 Å². The minimum atomic E-state index is -1.07. The monoisotopic (exact) mass is 573 g/mol.